The molecular formula is C16H19N3O2S. The lowest BCUT2D eigenvalue weighted by molar-refractivity contribution is -0.119. The van der Waals surface area contributed by atoms with Crippen LogP contribution in [0.1, 0.15) is 48.3 Å². The van der Waals surface area contributed by atoms with E-state index in [1.165, 1.54) is 18.3 Å². The number of aromatic nitrogens is 1. The second-order valence-corrected chi connectivity index (χ2v) is 6.15. The molecule has 0 aliphatic carbocycles. The van der Waals surface area contributed by atoms with Gasteiger partial charge in [-0.3, -0.25) is 14.9 Å². The first-order chi connectivity index (χ1) is 10.5. The van der Waals surface area contributed by atoms with Crippen LogP contribution in [0.5, 0.6) is 0 Å². The minimum atomic E-state index is -0.185. The van der Waals surface area contributed by atoms with Crippen molar-refractivity contribution in [1.29, 1.82) is 0 Å². The van der Waals surface area contributed by atoms with Gasteiger partial charge >= 0.3 is 0 Å². The van der Waals surface area contributed by atoms with Gasteiger partial charge < -0.3 is 5.32 Å². The average Bonchev–Trinajstić information content (AvgIpc) is 2.94. The summed E-state index contributed by atoms with van der Waals surface area (Å²) in [6, 6.07) is 7.13. The molecule has 0 unspecified atom stereocenters. The molecule has 1 heterocycles. The first-order valence-corrected chi connectivity index (χ1v) is 7.94. The molecule has 0 saturated heterocycles. The molecule has 2 rings (SSSR count). The first kappa shape index (κ1) is 16.2. The van der Waals surface area contributed by atoms with Gasteiger partial charge in [0.2, 0.25) is 5.91 Å². The van der Waals surface area contributed by atoms with Crippen LogP contribution in [0.2, 0.25) is 0 Å². The van der Waals surface area contributed by atoms with E-state index < -0.39 is 0 Å². The van der Waals surface area contributed by atoms with Crippen LogP contribution in [-0.2, 0) is 11.3 Å². The second kappa shape index (κ2) is 7.17. The highest BCUT2D eigenvalue weighted by Crippen LogP contribution is 2.21. The minimum absolute atomic E-state index is 0.0773. The predicted molar refractivity (Wildman–Crippen MR) is 88.1 cm³/mol. The van der Waals surface area contributed by atoms with Crippen LogP contribution < -0.4 is 10.6 Å². The van der Waals surface area contributed by atoms with E-state index in [2.05, 4.69) is 29.5 Å². The smallest absolute Gasteiger partial charge is 0.257 e. The van der Waals surface area contributed by atoms with Crippen LogP contribution in [0.4, 0.5) is 5.13 Å². The number of nitrogens with zero attached hydrogens (tertiary/aromatic N) is 1. The lowest BCUT2D eigenvalue weighted by Crippen LogP contribution is -2.19. The van der Waals surface area contributed by atoms with Gasteiger partial charge in [-0.2, -0.15) is 0 Å². The third kappa shape index (κ3) is 4.39. The zero-order valence-electron chi connectivity index (χ0n) is 12.8. The maximum absolute atomic E-state index is 12.2. The predicted octanol–water partition coefficient (Wildman–Crippen LogP) is 3.15. The molecule has 6 heteroatoms. The van der Waals surface area contributed by atoms with E-state index in [9.17, 15) is 9.59 Å². The highest BCUT2D eigenvalue weighted by Gasteiger charge is 2.10. The van der Waals surface area contributed by atoms with Crippen molar-refractivity contribution >= 4 is 28.3 Å². The first-order valence-electron chi connectivity index (χ1n) is 7.06. The van der Waals surface area contributed by atoms with Gasteiger partial charge in [0.15, 0.2) is 5.13 Å². The Morgan fingerprint density at radius 3 is 2.45 bits per heavy atom. The molecule has 0 radical (unpaired) electrons. The Kier molecular flexibility index (Phi) is 5.27. The summed E-state index contributed by atoms with van der Waals surface area (Å²) < 4.78 is 0. The number of anilines is 1. The van der Waals surface area contributed by atoms with Crippen molar-refractivity contribution in [3.8, 4) is 0 Å². The third-order valence-electron chi connectivity index (χ3n) is 3.09. The van der Waals surface area contributed by atoms with Crippen molar-refractivity contribution in [2.45, 2.75) is 33.2 Å². The quantitative estimate of drug-likeness (QED) is 0.890. The lowest BCUT2D eigenvalue weighted by atomic mass is 10.1. The molecule has 22 heavy (non-hydrogen) atoms. The number of nitrogens with one attached hydrogen (secondary N) is 2. The van der Waals surface area contributed by atoms with Crippen molar-refractivity contribution in [3.05, 3.63) is 46.5 Å². The van der Waals surface area contributed by atoms with Crippen molar-refractivity contribution in [1.82, 2.24) is 10.3 Å². The van der Waals surface area contributed by atoms with Crippen molar-refractivity contribution in [3.63, 3.8) is 0 Å². The minimum Gasteiger partial charge on any atom is -0.352 e. The van der Waals surface area contributed by atoms with Gasteiger partial charge in [-0.15, -0.1) is 11.3 Å². The Labute approximate surface area is 133 Å². The molecule has 0 aliphatic heterocycles. The molecule has 1 aromatic carbocycles. The summed E-state index contributed by atoms with van der Waals surface area (Å²) in [6.45, 7) is 6.06. The lowest BCUT2D eigenvalue weighted by Gasteiger charge is -2.05. The molecule has 116 valence electrons. The number of amides is 2. The van der Waals surface area contributed by atoms with Crippen LogP contribution in [-0.4, -0.2) is 16.8 Å². The Hall–Kier alpha value is -2.21. The SMILES string of the molecule is CC(=O)NCc1ccc(C(=O)Nc2nc(C(C)C)cs2)cc1. The van der Waals surface area contributed by atoms with E-state index in [0.717, 1.165) is 11.3 Å². The number of hydrogen-bond donors (Lipinski definition) is 2. The molecule has 0 bridgehead atoms. The zero-order chi connectivity index (χ0) is 16.1. The fraction of sp³-hybridized carbons (Fsp3) is 0.312. The van der Waals surface area contributed by atoms with Gasteiger partial charge in [0.05, 0.1) is 5.69 Å². The van der Waals surface area contributed by atoms with E-state index in [1.54, 1.807) is 12.1 Å². The highest BCUT2D eigenvalue weighted by atomic mass is 32.1. The molecule has 0 saturated carbocycles. The van der Waals surface area contributed by atoms with E-state index >= 15 is 0 Å². The summed E-state index contributed by atoms with van der Waals surface area (Å²) in [6.07, 6.45) is 0. The average molecular weight is 317 g/mol. The fourth-order valence-electron chi connectivity index (χ4n) is 1.78. The summed E-state index contributed by atoms with van der Waals surface area (Å²) in [4.78, 5) is 27.4. The van der Waals surface area contributed by atoms with E-state index in [4.69, 9.17) is 0 Å². The number of rotatable bonds is 5. The standard InChI is InChI=1S/C16H19N3O2S/c1-10(2)14-9-22-16(18-14)19-15(21)13-6-4-12(5-7-13)8-17-11(3)20/h4-7,9-10H,8H2,1-3H3,(H,17,20)(H,18,19,21). The second-order valence-electron chi connectivity index (χ2n) is 5.29. The van der Waals surface area contributed by atoms with Gasteiger partial charge in [-0.05, 0) is 23.6 Å². The summed E-state index contributed by atoms with van der Waals surface area (Å²) in [5, 5.41) is 8.08. The van der Waals surface area contributed by atoms with Crippen molar-refractivity contribution in [2.24, 2.45) is 0 Å². The van der Waals surface area contributed by atoms with Crippen LogP contribution in [0.25, 0.3) is 0 Å². The molecule has 0 atom stereocenters. The molecular weight excluding hydrogens is 298 g/mol. The molecule has 2 N–H and O–H groups in total. The van der Waals surface area contributed by atoms with Gasteiger partial charge in [0.25, 0.3) is 5.91 Å². The molecule has 2 amide bonds. The van der Waals surface area contributed by atoms with Gasteiger partial charge in [0, 0.05) is 24.4 Å². The van der Waals surface area contributed by atoms with Crippen LogP contribution in [0, 0.1) is 0 Å². The van der Waals surface area contributed by atoms with E-state index in [1.807, 2.05) is 17.5 Å². The Bertz CT molecular complexity index is 662. The fourth-order valence-corrected chi connectivity index (χ4v) is 2.65. The highest BCUT2D eigenvalue weighted by molar-refractivity contribution is 7.14. The number of thiazole rings is 1. The molecule has 5 nitrogen and oxygen atoms in total. The Balaban J connectivity index is 1.98. The van der Waals surface area contributed by atoms with Gasteiger partial charge in [0.1, 0.15) is 0 Å². The van der Waals surface area contributed by atoms with Gasteiger partial charge in [-0.1, -0.05) is 26.0 Å². The normalized spacial score (nSPS) is 10.5. The number of hydrogen-bond acceptors (Lipinski definition) is 4. The van der Waals surface area contributed by atoms with Crippen molar-refractivity contribution < 1.29 is 9.59 Å². The summed E-state index contributed by atoms with van der Waals surface area (Å²) in [7, 11) is 0. The zero-order valence-corrected chi connectivity index (χ0v) is 13.7. The number of carbonyl (C=O) groups excluding carboxylic acids is 2. The monoisotopic (exact) mass is 317 g/mol. The van der Waals surface area contributed by atoms with E-state index in [-0.39, 0.29) is 11.8 Å². The van der Waals surface area contributed by atoms with Crippen molar-refractivity contribution in [2.75, 3.05) is 5.32 Å². The van der Waals surface area contributed by atoms with E-state index in [0.29, 0.717) is 23.2 Å². The molecule has 0 spiro atoms. The van der Waals surface area contributed by atoms with Gasteiger partial charge in [-0.25, -0.2) is 4.98 Å². The summed E-state index contributed by atoms with van der Waals surface area (Å²) >= 11 is 1.42. The molecule has 0 fully saturated rings. The molecule has 1 aromatic heterocycles. The van der Waals surface area contributed by atoms with Crippen LogP contribution in [0.3, 0.4) is 0 Å². The number of benzene rings is 1. The number of carbonyl (C=O) groups is 2. The topological polar surface area (TPSA) is 71.1 Å². The Morgan fingerprint density at radius 2 is 1.91 bits per heavy atom. The Morgan fingerprint density at radius 1 is 1.23 bits per heavy atom. The maximum Gasteiger partial charge on any atom is 0.257 e. The molecule has 2 aromatic rings. The van der Waals surface area contributed by atoms with Crippen LogP contribution in [0.15, 0.2) is 29.6 Å². The van der Waals surface area contributed by atoms with Crippen LogP contribution >= 0.6 is 11.3 Å². The maximum atomic E-state index is 12.2. The molecule has 0 aliphatic rings. The third-order valence-corrected chi connectivity index (χ3v) is 3.87. The largest absolute Gasteiger partial charge is 0.352 e. The summed E-state index contributed by atoms with van der Waals surface area (Å²) in [5.74, 6) is 0.0808. The summed E-state index contributed by atoms with van der Waals surface area (Å²) in [5.41, 5.74) is 2.49.